The third kappa shape index (κ3) is 1.57. The van der Waals surface area contributed by atoms with Crippen molar-refractivity contribution in [3.8, 4) is 0 Å². The lowest BCUT2D eigenvalue weighted by Crippen LogP contribution is -2.23. The van der Waals surface area contributed by atoms with Crippen molar-refractivity contribution in [2.75, 3.05) is 0 Å². The summed E-state index contributed by atoms with van der Waals surface area (Å²) in [7, 11) is 0. The molecule has 0 N–H and O–H groups in total. The molecule has 0 saturated heterocycles. The minimum atomic E-state index is -0.770. The molecule has 1 aliphatic carbocycles. The van der Waals surface area contributed by atoms with Gasteiger partial charge in [0, 0.05) is 0 Å². The number of aldehydes is 1. The summed E-state index contributed by atoms with van der Waals surface area (Å²) in [4.78, 5) is 10.3. The zero-order chi connectivity index (χ0) is 10.2. The van der Waals surface area contributed by atoms with Gasteiger partial charge in [0.2, 0.25) is 0 Å². The molecule has 0 spiro atoms. The van der Waals surface area contributed by atoms with Crippen molar-refractivity contribution < 1.29 is 4.79 Å². The molecular weight excluding hydrogens is 196 g/mol. The van der Waals surface area contributed by atoms with Crippen LogP contribution < -0.4 is 0 Å². The van der Waals surface area contributed by atoms with Crippen LogP contribution in [0.1, 0.15) is 24.0 Å². The van der Waals surface area contributed by atoms with Crippen LogP contribution in [0, 0.1) is 12.8 Å². The molecular formula is C12H13ClO. The van der Waals surface area contributed by atoms with Crippen LogP contribution >= 0.6 is 11.6 Å². The van der Waals surface area contributed by atoms with E-state index >= 15 is 0 Å². The van der Waals surface area contributed by atoms with Gasteiger partial charge in [-0.1, -0.05) is 29.8 Å². The first-order valence-electron chi connectivity index (χ1n) is 4.89. The second-order valence-electron chi connectivity index (χ2n) is 4.03. The van der Waals surface area contributed by atoms with Gasteiger partial charge in [-0.2, -0.15) is 0 Å². The smallest absolute Gasteiger partial charge is 0.145 e. The third-order valence-electron chi connectivity index (χ3n) is 2.84. The number of carbonyl (C=O) groups excluding carboxylic acids is 1. The second-order valence-corrected chi connectivity index (χ2v) is 4.65. The van der Waals surface area contributed by atoms with Gasteiger partial charge in [-0.25, -0.2) is 0 Å². The predicted octanol–water partition coefficient (Wildman–Crippen LogP) is 3.04. The number of hydrogen-bond acceptors (Lipinski definition) is 1. The third-order valence-corrected chi connectivity index (χ3v) is 3.45. The van der Waals surface area contributed by atoms with E-state index in [1.807, 2.05) is 31.2 Å². The molecule has 1 fully saturated rings. The van der Waals surface area contributed by atoms with E-state index in [2.05, 4.69) is 0 Å². The zero-order valence-corrected chi connectivity index (χ0v) is 8.92. The van der Waals surface area contributed by atoms with Crippen LogP contribution in [0.3, 0.4) is 0 Å². The Morgan fingerprint density at radius 2 is 1.93 bits per heavy atom. The molecule has 0 radical (unpaired) electrons. The highest BCUT2D eigenvalue weighted by atomic mass is 35.5. The van der Waals surface area contributed by atoms with Crippen molar-refractivity contribution in [1.29, 1.82) is 0 Å². The monoisotopic (exact) mass is 208 g/mol. The van der Waals surface area contributed by atoms with Gasteiger partial charge in [0.1, 0.15) is 11.2 Å². The fourth-order valence-corrected chi connectivity index (χ4v) is 2.06. The quantitative estimate of drug-likeness (QED) is 0.551. The molecule has 1 nitrogen and oxygen atoms in total. The van der Waals surface area contributed by atoms with Crippen molar-refractivity contribution in [1.82, 2.24) is 0 Å². The molecule has 14 heavy (non-hydrogen) atoms. The molecule has 74 valence electrons. The van der Waals surface area contributed by atoms with E-state index in [9.17, 15) is 4.79 Å². The van der Waals surface area contributed by atoms with Crippen LogP contribution in [0.25, 0.3) is 0 Å². The molecule has 2 heteroatoms. The largest absolute Gasteiger partial charge is 0.301 e. The van der Waals surface area contributed by atoms with Crippen LogP contribution in [0.2, 0.25) is 0 Å². The number of rotatable bonds is 3. The van der Waals surface area contributed by atoms with Gasteiger partial charge < -0.3 is 4.79 Å². The van der Waals surface area contributed by atoms with Crippen molar-refractivity contribution in [3.05, 3.63) is 35.4 Å². The zero-order valence-electron chi connectivity index (χ0n) is 8.16. The van der Waals surface area contributed by atoms with Crippen LogP contribution in [0.5, 0.6) is 0 Å². The van der Waals surface area contributed by atoms with E-state index in [0.717, 1.165) is 24.7 Å². The first-order chi connectivity index (χ1) is 6.66. The van der Waals surface area contributed by atoms with Gasteiger partial charge in [-0.3, -0.25) is 0 Å². The van der Waals surface area contributed by atoms with E-state index in [0.29, 0.717) is 5.92 Å². The summed E-state index contributed by atoms with van der Waals surface area (Å²) in [5, 5.41) is 0. The second kappa shape index (κ2) is 3.39. The highest BCUT2D eigenvalue weighted by molar-refractivity contribution is 6.32. The molecule has 2 rings (SSSR count). The highest BCUT2D eigenvalue weighted by Gasteiger charge is 2.45. The van der Waals surface area contributed by atoms with Crippen molar-refractivity contribution in [3.63, 3.8) is 0 Å². The Labute approximate surface area is 89.1 Å². The molecule has 1 aromatic rings. The summed E-state index contributed by atoms with van der Waals surface area (Å²) in [6, 6.07) is 7.90. The number of halogens is 1. The fourth-order valence-electron chi connectivity index (χ4n) is 1.71. The molecule has 1 aliphatic rings. The number of carbonyl (C=O) groups is 1. The maximum Gasteiger partial charge on any atom is 0.145 e. The standard InChI is InChI=1S/C12H13ClO/c1-9-2-4-10(5-3-9)12(13,8-14)11-6-7-11/h2-5,8,11H,6-7H2,1H3. The number of alkyl halides is 1. The highest BCUT2D eigenvalue weighted by Crippen LogP contribution is 2.48. The Balaban J connectivity index is 2.35. The fraction of sp³-hybridized carbons (Fsp3) is 0.417. The van der Waals surface area contributed by atoms with E-state index in [4.69, 9.17) is 11.6 Å². The minimum absolute atomic E-state index is 0.337. The number of aryl methyl sites for hydroxylation is 1. The van der Waals surface area contributed by atoms with Crippen LogP contribution in [-0.2, 0) is 9.67 Å². The summed E-state index contributed by atoms with van der Waals surface area (Å²) in [6.45, 7) is 2.03. The average molecular weight is 209 g/mol. The minimum Gasteiger partial charge on any atom is -0.301 e. The summed E-state index contributed by atoms with van der Waals surface area (Å²) in [6.07, 6.45) is 3.02. The Morgan fingerprint density at radius 3 is 2.36 bits per heavy atom. The van der Waals surface area contributed by atoms with Crippen LogP contribution in [0.4, 0.5) is 0 Å². The van der Waals surface area contributed by atoms with Gasteiger partial charge in [-0.05, 0) is 31.2 Å². The van der Waals surface area contributed by atoms with E-state index < -0.39 is 4.87 Å². The van der Waals surface area contributed by atoms with Crippen molar-refractivity contribution in [2.24, 2.45) is 5.92 Å². The van der Waals surface area contributed by atoms with Crippen LogP contribution in [0.15, 0.2) is 24.3 Å². The lowest BCUT2D eigenvalue weighted by molar-refractivity contribution is -0.110. The summed E-state index contributed by atoms with van der Waals surface area (Å²) in [5.41, 5.74) is 2.12. The number of hydrogen-bond donors (Lipinski definition) is 0. The Bertz CT molecular complexity index is 340. The SMILES string of the molecule is Cc1ccc(C(Cl)(C=O)C2CC2)cc1. The van der Waals surface area contributed by atoms with Gasteiger partial charge in [0.05, 0.1) is 0 Å². The van der Waals surface area contributed by atoms with E-state index in [1.54, 1.807) is 0 Å². The maximum absolute atomic E-state index is 11.1. The summed E-state index contributed by atoms with van der Waals surface area (Å²) >= 11 is 6.33. The van der Waals surface area contributed by atoms with E-state index in [1.165, 1.54) is 5.56 Å². The lowest BCUT2D eigenvalue weighted by atomic mass is 9.94. The molecule has 0 amide bonds. The maximum atomic E-state index is 11.1. The topological polar surface area (TPSA) is 17.1 Å². The molecule has 1 saturated carbocycles. The predicted molar refractivity (Wildman–Crippen MR) is 57.5 cm³/mol. The molecule has 0 bridgehead atoms. The average Bonchev–Trinajstić information content (AvgIpc) is 3.01. The summed E-state index contributed by atoms with van der Waals surface area (Å²) in [5.74, 6) is 0.337. The Hall–Kier alpha value is -0.820. The van der Waals surface area contributed by atoms with Crippen molar-refractivity contribution >= 4 is 17.9 Å². The summed E-state index contributed by atoms with van der Waals surface area (Å²) < 4.78 is 0. The lowest BCUT2D eigenvalue weighted by Gasteiger charge is -2.20. The van der Waals surface area contributed by atoms with E-state index in [-0.39, 0.29) is 0 Å². The molecule has 0 aromatic heterocycles. The van der Waals surface area contributed by atoms with Gasteiger partial charge in [0.25, 0.3) is 0 Å². The molecule has 0 heterocycles. The first-order valence-corrected chi connectivity index (χ1v) is 5.27. The van der Waals surface area contributed by atoms with Crippen LogP contribution in [-0.4, -0.2) is 6.29 Å². The van der Waals surface area contributed by atoms with Gasteiger partial charge in [-0.15, -0.1) is 11.6 Å². The normalized spacial score (nSPS) is 20.1. The molecule has 1 atom stereocenters. The Morgan fingerprint density at radius 1 is 1.36 bits per heavy atom. The van der Waals surface area contributed by atoms with Gasteiger partial charge in [0.15, 0.2) is 0 Å². The number of benzene rings is 1. The Kier molecular flexibility index (Phi) is 2.36. The molecule has 1 unspecified atom stereocenters. The van der Waals surface area contributed by atoms with Crippen molar-refractivity contribution in [2.45, 2.75) is 24.6 Å². The van der Waals surface area contributed by atoms with Gasteiger partial charge >= 0.3 is 0 Å². The first kappa shape index (κ1) is 9.72. The molecule has 1 aromatic carbocycles. The molecule has 0 aliphatic heterocycles.